The summed E-state index contributed by atoms with van der Waals surface area (Å²) >= 11 is 0. The van der Waals surface area contributed by atoms with Gasteiger partial charge in [-0.05, 0) is 33.8 Å². The Morgan fingerprint density at radius 3 is 2.50 bits per heavy atom. The lowest BCUT2D eigenvalue weighted by molar-refractivity contribution is -0.138. The molecular formula is C12H17N3O3. The molecule has 98 valence electrons. The Bertz CT molecular complexity index is 483. The Morgan fingerprint density at radius 1 is 1.33 bits per heavy atom. The lowest BCUT2D eigenvalue weighted by atomic mass is 10.00. The number of nitrogens with one attached hydrogen (secondary N) is 1. The normalized spacial score (nSPS) is 11.1. The molecule has 18 heavy (non-hydrogen) atoms. The molecule has 1 heterocycles. The molecule has 0 bridgehead atoms. The van der Waals surface area contributed by atoms with Crippen molar-refractivity contribution in [1.82, 2.24) is 15.5 Å². The van der Waals surface area contributed by atoms with Gasteiger partial charge < -0.3 is 10.4 Å². The number of hydrogen-bond acceptors (Lipinski definition) is 4. The molecule has 6 nitrogen and oxygen atoms in total. The maximum absolute atomic E-state index is 12.0. The van der Waals surface area contributed by atoms with Crippen LogP contribution < -0.4 is 5.32 Å². The summed E-state index contributed by atoms with van der Waals surface area (Å²) in [5.74, 6) is -1.29. The Morgan fingerprint density at radius 2 is 1.94 bits per heavy atom. The Kier molecular flexibility index (Phi) is 4.00. The third-order valence-corrected chi connectivity index (χ3v) is 2.39. The molecule has 0 fully saturated rings. The molecule has 6 heteroatoms. The second kappa shape index (κ2) is 5.12. The number of carbonyl (C=O) groups is 2. The predicted molar refractivity (Wildman–Crippen MR) is 65.3 cm³/mol. The first-order chi connectivity index (χ1) is 8.21. The summed E-state index contributed by atoms with van der Waals surface area (Å²) in [6.45, 7) is 6.75. The van der Waals surface area contributed by atoms with Crippen molar-refractivity contribution in [2.75, 3.05) is 0 Å². The van der Waals surface area contributed by atoms with E-state index in [0.717, 1.165) is 0 Å². The number of carboxylic acids is 1. The first kappa shape index (κ1) is 14.1. The number of amides is 1. The van der Waals surface area contributed by atoms with Gasteiger partial charge in [0.05, 0.1) is 23.4 Å². The fourth-order valence-corrected chi connectivity index (χ4v) is 1.58. The highest BCUT2D eigenvalue weighted by Gasteiger charge is 2.25. The highest BCUT2D eigenvalue weighted by molar-refractivity contribution is 5.95. The first-order valence-corrected chi connectivity index (χ1v) is 5.56. The van der Waals surface area contributed by atoms with Gasteiger partial charge in [-0.1, -0.05) is 0 Å². The SMILES string of the molecule is Cc1cc(C(=O)NC(C)(C)CC(=O)O)c(C)nn1. The topological polar surface area (TPSA) is 92.2 Å². The van der Waals surface area contributed by atoms with Crippen LogP contribution in [0, 0.1) is 13.8 Å². The zero-order valence-electron chi connectivity index (χ0n) is 10.9. The van der Waals surface area contributed by atoms with E-state index in [1.807, 2.05) is 0 Å². The minimum absolute atomic E-state index is 0.144. The maximum Gasteiger partial charge on any atom is 0.305 e. The van der Waals surface area contributed by atoms with Gasteiger partial charge in [-0.25, -0.2) is 0 Å². The van der Waals surface area contributed by atoms with Gasteiger partial charge in [-0.15, -0.1) is 0 Å². The van der Waals surface area contributed by atoms with Crippen LogP contribution in [-0.2, 0) is 4.79 Å². The minimum Gasteiger partial charge on any atom is -0.481 e. The summed E-state index contributed by atoms with van der Waals surface area (Å²) in [6, 6.07) is 1.63. The Labute approximate surface area is 105 Å². The second-order valence-corrected chi connectivity index (χ2v) is 4.89. The van der Waals surface area contributed by atoms with E-state index in [4.69, 9.17) is 5.11 Å². The number of aryl methyl sites for hydroxylation is 2. The number of nitrogens with zero attached hydrogens (tertiary/aromatic N) is 2. The molecule has 0 aromatic carbocycles. The lowest BCUT2D eigenvalue weighted by Gasteiger charge is -2.24. The van der Waals surface area contributed by atoms with Crippen LogP contribution in [0.5, 0.6) is 0 Å². The third kappa shape index (κ3) is 3.80. The molecule has 0 aliphatic heterocycles. The van der Waals surface area contributed by atoms with Gasteiger partial charge in [-0.3, -0.25) is 9.59 Å². The number of aliphatic carboxylic acids is 1. The molecule has 0 aliphatic rings. The van der Waals surface area contributed by atoms with Crippen LogP contribution in [0.4, 0.5) is 0 Å². The van der Waals surface area contributed by atoms with Gasteiger partial charge in [0.1, 0.15) is 0 Å². The van der Waals surface area contributed by atoms with Crippen LogP contribution in [-0.4, -0.2) is 32.7 Å². The van der Waals surface area contributed by atoms with E-state index in [9.17, 15) is 9.59 Å². The Hall–Kier alpha value is -1.98. The summed E-state index contributed by atoms with van der Waals surface area (Å²) in [6.07, 6.45) is -0.144. The molecular weight excluding hydrogens is 234 g/mol. The van der Waals surface area contributed by atoms with E-state index in [2.05, 4.69) is 15.5 Å². The Balaban J connectivity index is 2.88. The molecule has 0 radical (unpaired) electrons. The van der Waals surface area contributed by atoms with Crippen LogP contribution in [0.15, 0.2) is 6.07 Å². The average molecular weight is 251 g/mol. The summed E-state index contributed by atoms with van der Waals surface area (Å²) in [5.41, 5.74) is 0.763. The van der Waals surface area contributed by atoms with Gasteiger partial charge in [0.2, 0.25) is 0 Å². The van der Waals surface area contributed by atoms with Crippen LogP contribution in [0.1, 0.15) is 42.0 Å². The van der Waals surface area contributed by atoms with Crippen LogP contribution in [0.2, 0.25) is 0 Å². The van der Waals surface area contributed by atoms with E-state index in [1.54, 1.807) is 33.8 Å². The third-order valence-electron chi connectivity index (χ3n) is 2.39. The van der Waals surface area contributed by atoms with Crippen molar-refractivity contribution in [2.45, 2.75) is 39.7 Å². The zero-order chi connectivity index (χ0) is 13.9. The van der Waals surface area contributed by atoms with Crippen molar-refractivity contribution in [3.8, 4) is 0 Å². The highest BCUT2D eigenvalue weighted by Crippen LogP contribution is 2.12. The van der Waals surface area contributed by atoms with E-state index >= 15 is 0 Å². The van der Waals surface area contributed by atoms with E-state index in [-0.39, 0.29) is 12.3 Å². The summed E-state index contributed by atoms with van der Waals surface area (Å²) in [4.78, 5) is 22.7. The highest BCUT2D eigenvalue weighted by atomic mass is 16.4. The first-order valence-electron chi connectivity index (χ1n) is 5.56. The van der Waals surface area contributed by atoms with Crippen molar-refractivity contribution in [2.24, 2.45) is 0 Å². The zero-order valence-corrected chi connectivity index (χ0v) is 10.9. The summed E-state index contributed by atoms with van der Waals surface area (Å²) in [5, 5.41) is 19.1. The van der Waals surface area contributed by atoms with Crippen molar-refractivity contribution >= 4 is 11.9 Å². The molecule has 0 saturated carbocycles. The van der Waals surface area contributed by atoms with Gasteiger partial charge in [0.25, 0.3) is 5.91 Å². The number of rotatable bonds is 4. The quantitative estimate of drug-likeness (QED) is 0.835. The fraction of sp³-hybridized carbons (Fsp3) is 0.500. The smallest absolute Gasteiger partial charge is 0.305 e. The number of carbonyl (C=O) groups excluding carboxylic acids is 1. The second-order valence-electron chi connectivity index (χ2n) is 4.89. The van der Waals surface area contributed by atoms with Crippen LogP contribution in [0.3, 0.4) is 0 Å². The van der Waals surface area contributed by atoms with E-state index in [1.165, 1.54) is 0 Å². The van der Waals surface area contributed by atoms with Crippen molar-refractivity contribution in [1.29, 1.82) is 0 Å². The molecule has 0 saturated heterocycles. The minimum atomic E-state index is -0.957. The number of carboxylic acid groups (broad SMARTS) is 1. The predicted octanol–water partition coefficient (Wildman–Crippen LogP) is 1.08. The standard InChI is InChI=1S/C12H17N3O3/c1-7-5-9(8(2)15-14-7)11(18)13-12(3,4)6-10(16)17/h5H,6H2,1-4H3,(H,13,18)(H,16,17). The monoisotopic (exact) mass is 251 g/mol. The van der Waals surface area contributed by atoms with E-state index in [0.29, 0.717) is 17.0 Å². The average Bonchev–Trinajstić information content (AvgIpc) is 2.18. The summed E-state index contributed by atoms with van der Waals surface area (Å²) < 4.78 is 0. The number of aromatic nitrogens is 2. The van der Waals surface area contributed by atoms with Gasteiger partial charge >= 0.3 is 5.97 Å². The number of hydrogen-bond donors (Lipinski definition) is 2. The van der Waals surface area contributed by atoms with Crippen molar-refractivity contribution in [3.63, 3.8) is 0 Å². The van der Waals surface area contributed by atoms with Gasteiger partial charge in [0.15, 0.2) is 0 Å². The molecule has 0 unspecified atom stereocenters. The molecule has 1 amide bonds. The molecule has 1 rings (SSSR count). The molecule has 0 atom stereocenters. The van der Waals surface area contributed by atoms with Crippen molar-refractivity contribution in [3.05, 3.63) is 23.0 Å². The molecule has 0 aliphatic carbocycles. The van der Waals surface area contributed by atoms with Gasteiger partial charge in [0, 0.05) is 5.54 Å². The fourth-order valence-electron chi connectivity index (χ4n) is 1.58. The largest absolute Gasteiger partial charge is 0.481 e. The van der Waals surface area contributed by atoms with Crippen LogP contribution in [0.25, 0.3) is 0 Å². The van der Waals surface area contributed by atoms with E-state index < -0.39 is 11.5 Å². The van der Waals surface area contributed by atoms with Crippen molar-refractivity contribution < 1.29 is 14.7 Å². The summed E-state index contributed by atoms with van der Waals surface area (Å²) in [7, 11) is 0. The molecule has 2 N–H and O–H groups in total. The van der Waals surface area contributed by atoms with Crippen LogP contribution >= 0.6 is 0 Å². The molecule has 1 aromatic rings. The lowest BCUT2D eigenvalue weighted by Crippen LogP contribution is -2.45. The van der Waals surface area contributed by atoms with Gasteiger partial charge in [-0.2, -0.15) is 10.2 Å². The maximum atomic E-state index is 12.0. The molecule has 1 aromatic heterocycles. The molecule has 0 spiro atoms.